The van der Waals surface area contributed by atoms with E-state index in [9.17, 15) is 4.79 Å². The number of carbonyl (C=O) groups excluding carboxylic acids is 1. The van der Waals surface area contributed by atoms with Crippen LogP contribution in [0.1, 0.15) is 56.1 Å². The van der Waals surface area contributed by atoms with Gasteiger partial charge in [-0.3, -0.25) is 4.79 Å². The fraction of sp³-hybridized carbons (Fsp3) is 0.625. The van der Waals surface area contributed by atoms with Crippen molar-refractivity contribution in [3.8, 4) is 0 Å². The lowest BCUT2D eigenvalue weighted by molar-refractivity contribution is 0.0792. The van der Waals surface area contributed by atoms with E-state index in [2.05, 4.69) is 4.98 Å². The highest BCUT2D eigenvalue weighted by atomic mass is 16.2. The van der Waals surface area contributed by atoms with Gasteiger partial charge in [-0.25, -0.2) is 4.98 Å². The minimum atomic E-state index is -0.149. The van der Waals surface area contributed by atoms with Crippen LogP contribution in [0.3, 0.4) is 0 Å². The SMILES string of the molecule is CN(CCCCCO)C(=O)c1cc(N)nc(C(C)(C)C)c1. The van der Waals surface area contributed by atoms with Crippen LogP contribution < -0.4 is 5.73 Å². The number of pyridine rings is 1. The first kappa shape index (κ1) is 17.4. The third-order valence-corrected chi connectivity index (χ3v) is 3.36. The molecule has 5 heteroatoms. The average molecular weight is 293 g/mol. The molecule has 0 aromatic carbocycles. The molecule has 0 spiro atoms. The Bertz CT molecular complexity index is 481. The van der Waals surface area contributed by atoms with Crippen molar-refractivity contribution in [3.05, 3.63) is 23.4 Å². The van der Waals surface area contributed by atoms with Crippen LogP contribution in [0.15, 0.2) is 12.1 Å². The number of aromatic nitrogens is 1. The first-order chi connectivity index (χ1) is 9.75. The zero-order chi connectivity index (χ0) is 16.0. The van der Waals surface area contributed by atoms with Crippen molar-refractivity contribution in [3.63, 3.8) is 0 Å². The van der Waals surface area contributed by atoms with Gasteiger partial charge in [-0.2, -0.15) is 0 Å². The Balaban J connectivity index is 2.80. The van der Waals surface area contributed by atoms with E-state index in [1.807, 2.05) is 26.8 Å². The topological polar surface area (TPSA) is 79.5 Å². The van der Waals surface area contributed by atoms with Gasteiger partial charge >= 0.3 is 0 Å². The van der Waals surface area contributed by atoms with Crippen molar-refractivity contribution in [1.82, 2.24) is 9.88 Å². The van der Waals surface area contributed by atoms with Gasteiger partial charge in [0.1, 0.15) is 5.82 Å². The molecule has 5 nitrogen and oxygen atoms in total. The Hall–Kier alpha value is -1.62. The molecular weight excluding hydrogens is 266 g/mol. The van der Waals surface area contributed by atoms with Gasteiger partial charge in [0.25, 0.3) is 5.91 Å². The maximum Gasteiger partial charge on any atom is 0.253 e. The largest absolute Gasteiger partial charge is 0.396 e. The van der Waals surface area contributed by atoms with Crippen LogP contribution in [0, 0.1) is 0 Å². The molecule has 0 aliphatic heterocycles. The van der Waals surface area contributed by atoms with Gasteiger partial charge in [-0.05, 0) is 31.4 Å². The summed E-state index contributed by atoms with van der Waals surface area (Å²) in [6.07, 6.45) is 2.58. The third-order valence-electron chi connectivity index (χ3n) is 3.36. The summed E-state index contributed by atoms with van der Waals surface area (Å²) in [5, 5.41) is 8.75. The summed E-state index contributed by atoms with van der Waals surface area (Å²) < 4.78 is 0. The number of aliphatic hydroxyl groups excluding tert-OH is 1. The molecule has 118 valence electrons. The summed E-state index contributed by atoms with van der Waals surface area (Å²) in [5.41, 5.74) is 7.08. The molecule has 0 fully saturated rings. The molecule has 21 heavy (non-hydrogen) atoms. The average Bonchev–Trinajstić information content (AvgIpc) is 2.41. The van der Waals surface area contributed by atoms with E-state index in [-0.39, 0.29) is 17.9 Å². The van der Waals surface area contributed by atoms with Crippen molar-refractivity contribution in [2.24, 2.45) is 0 Å². The molecule has 0 unspecified atom stereocenters. The lowest BCUT2D eigenvalue weighted by atomic mass is 9.90. The smallest absolute Gasteiger partial charge is 0.253 e. The van der Waals surface area contributed by atoms with Gasteiger partial charge in [-0.1, -0.05) is 20.8 Å². The lowest BCUT2D eigenvalue weighted by Gasteiger charge is -2.21. The second-order valence-electron chi connectivity index (χ2n) is 6.43. The number of unbranched alkanes of at least 4 members (excludes halogenated alkanes) is 2. The number of nitrogen functional groups attached to an aromatic ring is 1. The predicted molar refractivity (Wildman–Crippen MR) is 85.2 cm³/mol. The van der Waals surface area contributed by atoms with Crippen molar-refractivity contribution in [1.29, 1.82) is 0 Å². The monoisotopic (exact) mass is 293 g/mol. The van der Waals surface area contributed by atoms with Crippen LogP contribution in [-0.4, -0.2) is 41.1 Å². The van der Waals surface area contributed by atoms with Crippen molar-refractivity contribution >= 4 is 11.7 Å². The number of nitrogens with two attached hydrogens (primary N) is 1. The van der Waals surface area contributed by atoms with E-state index >= 15 is 0 Å². The van der Waals surface area contributed by atoms with E-state index in [1.165, 1.54) is 0 Å². The fourth-order valence-corrected chi connectivity index (χ4v) is 2.02. The highest BCUT2D eigenvalue weighted by Gasteiger charge is 2.20. The fourth-order valence-electron chi connectivity index (χ4n) is 2.02. The number of hydrogen-bond acceptors (Lipinski definition) is 4. The molecule has 3 N–H and O–H groups in total. The summed E-state index contributed by atoms with van der Waals surface area (Å²) >= 11 is 0. The molecule has 1 heterocycles. The normalized spacial score (nSPS) is 11.5. The van der Waals surface area contributed by atoms with Gasteiger partial charge in [-0.15, -0.1) is 0 Å². The molecular formula is C16H27N3O2. The third kappa shape index (κ3) is 5.34. The Morgan fingerprint density at radius 2 is 1.95 bits per heavy atom. The number of carbonyl (C=O) groups is 1. The first-order valence-electron chi connectivity index (χ1n) is 7.40. The van der Waals surface area contributed by atoms with E-state index in [0.29, 0.717) is 17.9 Å². The van der Waals surface area contributed by atoms with Crippen LogP contribution in [0.5, 0.6) is 0 Å². The molecule has 0 bridgehead atoms. The van der Waals surface area contributed by atoms with E-state index in [0.717, 1.165) is 25.0 Å². The maximum absolute atomic E-state index is 12.4. The number of hydrogen-bond donors (Lipinski definition) is 2. The maximum atomic E-state index is 12.4. The van der Waals surface area contributed by atoms with Crippen molar-refractivity contribution in [2.75, 3.05) is 25.9 Å². The Morgan fingerprint density at radius 3 is 2.52 bits per heavy atom. The molecule has 0 radical (unpaired) electrons. The molecule has 0 aliphatic rings. The van der Waals surface area contributed by atoms with Gasteiger partial charge in [0.15, 0.2) is 0 Å². The van der Waals surface area contributed by atoms with Crippen molar-refractivity contribution in [2.45, 2.75) is 45.4 Å². The number of rotatable bonds is 6. The Morgan fingerprint density at radius 1 is 1.29 bits per heavy atom. The van der Waals surface area contributed by atoms with E-state index < -0.39 is 0 Å². The molecule has 1 amide bonds. The quantitative estimate of drug-likeness (QED) is 0.788. The molecule has 0 saturated heterocycles. The number of amides is 1. The standard InChI is InChI=1S/C16H27N3O2/c1-16(2,3)13-10-12(11-14(17)18-13)15(21)19(4)8-6-5-7-9-20/h10-11,20H,5-9H2,1-4H3,(H2,17,18). The van der Waals surface area contributed by atoms with Gasteiger partial charge in [0, 0.05) is 36.9 Å². The lowest BCUT2D eigenvalue weighted by Crippen LogP contribution is -2.28. The number of aliphatic hydroxyl groups is 1. The molecule has 1 rings (SSSR count). The zero-order valence-electron chi connectivity index (χ0n) is 13.5. The van der Waals surface area contributed by atoms with E-state index in [1.54, 1.807) is 18.0 Å². The Kier molecular flexibility index (Phi) is 6.15. The minimum absolute atomic E-state index is 0.0430. The second kappa shape index (κ2) is 7.41. The van der Waals surface area contributed by atoms with Gasteiger partial charge < -0.3 is 15.7 Å². The highest BCUT2D eigenvalue weighted by molar-refractivity contribution is 5.94. The summed E-state index contributed by atoms with van der Waals surface area (Å²) in [6, 6.07) is 3.45. The van der Waals surface area contributed by atoms with Crippen LogP contribution >= 0.6 is 0 Å². The second-order valence-corrected chi connectivity index (χ2v) is 6.43. The number of nitrogens with zero attached hydrogens (tertiary/aromatic N) is 2. The Labute approximate surface area is 127 Å². The summed E-state index contributed by atoms with van der Waals surface area (Å²) in [5.74, 6) is 0.332. The summed E-state index contributed by atoms with van der Waals surface area (Å²) in [4.78, 5) is 18.4. The summed E-state index contributed by atoms with van der Waals surface area (Å²) in [6.45, 7) is 7.00. The van der Waals surface area contributed by atoms with Crippen LogP contribution in [-0.2, 0) is 5.41 Å². The molecule has 0 aliphatic carbocycles. The predicted octanol–water partition coefficient (Wildman–Crippen LogP) is 2.20. The van der Waals surface area contributed by atoms with Crippen LogP contribution in [0.4, 0.5) is 5.82 Å². The molecule has 1 aromatic heterocycles. The highest BCUT2D eigenvalue weighted by Crippen LogP contribution is 2.23. The zero-order valence-corrected chi connectivity index (χ0v) is 13.5. The van der Waals surface area contributed by atoms with Gasteiger partial charge in [0.2, 0.25) is 0 Å². The minimum Gasteiger partial charge on any atom is -0.396 e. The molecule has 0 saturated carbocycles. The number of anilines is 1. The summed E-state index contributed by atoms with van der Waals surface area (Å²) in [7, 11) is 1.79. The van der Waals surface area contributed by atoms with Gasteiger partial charge in [0.05, 0.1) is 0 Å². The molecule has 0 atom stereocenters. The first-order valence-corrected chi connectivity index (χ1v) is 7.40. The van der Waals surface area contributed by atoms with Crippen molar-refractivity contribution < 1.29 is 9.90 Å². The molecule has 1 aromatic rings. The van der Waals surface area contributed by atoms with Crippen LogP contribution in [0.2, 0.25) is 0 Å². The van der Waals surface area contributed by atoms with E-state index in [4.69, 9.17) is 10.8 Å². The van der Waals surface area contributed by atoms with Crippen LogP contribution in [0.25, 0.3) is 0 Å².